The first kappa shape index (κ1) is 11.8. The molecule has 0 saturated heterocycles. The van der Waals surface area contributed by atoms with Crippen molar-refractivity contribution in [3.63, 3.8) is 0 Å². The standard InChI is InChI=1S/C4H6NO4S.K/c1-2-4(6)5-3-10(7,8)9;/h1,3H2,(H,5,6)(H,7,8,9);. The summed E-state index contributed by atoms with van der Waals surface area (Å²) in [6.45, 7) is 3.35. The van der Waals surface area contributed by atoms with Crippen LogP contribution in [0.3, 0.4) is 0 Å². The van der Waals surface area contributed by atoms with E-state index in [1.54, 1.807) is 0 Å². The van der Waals surface area contributed by atoms with Gasteiger partial charge in [-0.1, -0.05) is 0 Å². The first-order valence-electron chi connectivity index (χ1n) is 2.72. The van der Waals surface area contributed by atoms with Crippen molar-refractivity contribution in [2.75, 3.05) is 5.88 Å². The summed E-state index contributed by atoms with van der Waals surface area (Å²) in [5.41, 5.74) is 0. The van der Waals surface area contributed by atoms with Crippen LogP contribution in [0.25, 0.3) is 0 Å². The maximum absolute atomic E-state index is 10.7. The average molecular weight is 203 g/mol. The number of hydrogen-bond donors (Lipinski definition) is 2. The Hall–Kier alpha value is 0.756. The minimum absolute atomic E-state index is 0.135. The Balaban J connectivity index is 3.92. The summed E-state index contributed by atoms with van der Waals surface area (Å²) in [5.74, 6) is -1.26. The summed E-state index contributed by atoms with van der Waals surface area (Å²) >= 11 is 0.135. The van der Waals surface area contributed by atoms with E-state index in [2.05, 4.69) is 6.58 Å². The van der Waals surface area contributed by atoms with Crippen LogP contribution in [0.15, 0.2) is 6.25 Å². The van der Waals surface area contributed by atoms with Crippen LogP contribution in [0.1, 0.15) is 0 Å². The van der Waals surface area contributed by atoms with Gasteiger partial charge in [-0.3, -0.25) is 0 Å². The van der Waals surface area contributed by atoms with E-state index in [0.29, 0.717) is -0.332 Å². The summed E-state index contributed by atoms with van der Waals surface area (Å²) in [6.07, 6.45) is 0. The number of nitrogens with one attached hydrogen (secondary N) is 1. The number of rotatable bonds is 3. The van der Waals surface area contributed by atoms with Gasteiger partial charge in [-0.25, -0.2) is 0 Å². The summed E-state index contributed by atoms with van der Waals surface area (Å²) in [7, 11) is -4.10. The molecule has 0 saturated carbocycles. The topological polar surface area (TPSA) is 83.5 Å². The second kappa shape index (κ2) is 4.70. The molecule has 0 fully saturated rings. The molecule has 0 aliphatic heterocycles. The van der Waals surface area contributed by atoms with Gasteiger partial charge in [0.2, 0.25) is 0 Å². The molecule has 0 bridgehead atoms. The van der Waals surface area contributed by atoms with Crippen molar-refractivity contribution in [1.82, 2.24) is 5.32 Å². The van der Waals surface area contributed by atoms with Gasteiger partial charge in [0, 0.05) is 0 Å². The Morgan fingerprint density at radius 2 is 2.09 bits per heavy atom. The molecule has 5 nitrogen and oxygen atoms in total. The number of carbonyl (C=O) groups is 1. The van der Waals surface area contributed by atoms with Crippen LogP contribution in [0, 0.1) is 0 Å². The van der Waals surface area contributed by atoms with E-state index in [1.165, 1.54) is 0 Å². The molecule has 0 aromatic rings. The maximum atomic E-state index is 10.7. The van der Waals surface area contributed by atoms with Crippen molar-refractivity contribution in [2.45, 2.75) is 0 Å². The third kappa shape index (κ3) is 7.13. The fourth-order valence-corrected chi connectivity index (χ4v) is 0.897. The minimum atomic E-state index is -4.10. The van der Waals surface area contributed by atoms with Gasteiger partial charge < -0.3 is 0 Å². The first-order chi connectivity index (χ1) is 4.83. The quantitative estimate of drug-likeness (QED) is 0.337. The van der Waals surface area contributed by atoms with E-state index in [0.717, 1.165) is 0 Å². The van der Waals surface area contributed by atoms with Gasteiger partial charge in [0.1, 0.15) is 0 Å². The molecule has 0 atom stereocenters. The normalized spacial score (nSPS) is 10.8. The van der Waals surface area contributed by atoms with Crippen LogP contribution in [-0.2, 0) is 14.9 Å². The fourth-order valence-electron chi connectivity index (χ4n) is 0.308. The molecule has 0 unspecified atom stereocenters. The molecule has 2 N–H and O–H groups in total. The average Bonchev–Trinajstić information content (AvgIpc) is 1.80. The summed E-state index contributed by atoms with van der Waals surface area (Å²) in [4.78, 5) is 10.7. The van der Waals surface area contributed by atoms with Crippen LogP contribution in [0.2, 0.25) is 0 Å². The van der Waals surface area contributed by atoms with Crippen LogP contribution in [0.4, 0.5) is 0 Å². The van der Waals surface area contributed by atoms with E-state index in [-0.39, 0.29) is 49.0 Å². The monoisotopic (exact) mass is 203 g/mol. The molecule has 58 valence electrons. The molecular weight excluding hydrogens is 197 g/mol. The third-order valence-corrected chi connectivity index (χ3v) is 2.02. The van der Waals surface area contributed by atoms with Crippen LogP contribution in [-0.4, -0.2) is 73.7 Å². The first-order valence-corrected chi connectivity index (χ1v) is 5.89. The van der Waals surface area contributed by atoms with E-state index >= 15 is 0 Å². The Kier molecular flexibility index (Phi) is 5.03. The van der Waals surface area contributed by atoms with E-state index < -0.39 is 21.9 Å². The van der Waals surface area contributed by atoms with Gasteiger partial charge in [-0.2, -0.15) is 0 Å². The molecule has 0 rings (SSSR count). The molecule has 0 aliphatic carbocycles. The zero-order chi connectivity index (χ0) is 9.07. The predicted octanol–water partition coefficient (Wildman–Crippen LogP) is -1.37. The molecule has 0 heterocycles. The summed E-state index contributed by atoms with van der Waals surface area (Å²) in [6, 6.07) is 0. The molecule has 0 aromatic carbocycles. The second-order valence-corrected chi connectivity index (χ2v) is 5.35. The van der Waals surface area contributed by atoms with Crippen molar-refractivity contribution in [3.8, 4) is 0 Å². The van der Waals surface area contributed by atoms with Gasteiger partial charge in [-0.05, 0) is 0 Å². The van der Waals surface area contributed by atoms with Crippen LogP contribution >= 0.6 is 0 Å². The Bertz CT molecular complexity index is 270. The number of hydrogen-bond acceptors (Lipinski definition) is 3. The third-order valence-electron chi connectivity index (χ3n) is 0.803. The van der Waals surface area contributed by atoms with Gasteiger partial charge >= 0.3 is 100 Å². The second-order valence-electron chi connectivity index (χ2n) is 2.01. The molecule has 0 aliphatic rings. The fraction of sp³-hybridized carbons (Fsp3) is 0.250. The SMILES string of the molecule is C=[C]([K])C(=O)NCS(=O)(=O)O. The van der Waals surface area contributed by atoms with Crippen molar-refractivity contribution in [3.05, 3.63) is 6.25 Å². The van der Waals surface area contributed by atoms with Crippen molar-refractivity contribution in [2.24, 2.45) is 0 Å². The number of carbonyl (C=O) groups excluding carboxylic acids is 1. The molecule has 11 heavy (non-hydrogen) atoms. The molecule has 7 heteroatoms. The summed E-state index contributed by atoms with van der Waals surface area (Å²) in [5, 5.41) is 1.99. The van der Waals surface area contributed by atoms with Gasteiger partial charge in [0.05, 0.1) is 0 Å². The summed E-state index contributed by atoms with van der Waals surface area (Å²) < 4.78 is 28.7. The van der Waals surface area contributed by atoms with Gasteiger partial charge in [0.15, 0.2) is 0 Å². The Morgan fingerprint density at radius 1 is 1.64 bits per heavy atom. The number of amides is 1. The molecule has 0 radical (unpaired) electrons. The molecule has 0 spiro atoms. The van der Waals surface area contributed by atoms with Crippen LogP contribution in [0.5, 0.6) is 0 Å². The van der Waals surface area contributed by atoms with Crippen LogP contribution < -0.4 is 5.32 Å². The Morgan fingerprint density at radius 3 is 2.36 bits per heavy atom. The zero-order valence-corrected chi connectivity index (χ0v) is 9.93. The van der Waals surface area contributed by atoms with E-state index in [9.17, 15) is 13.2 Å². The van der Waals surface area contributed by atoms with E-state index in [1.807, 2.05) is 5.32 Å². The van der Waals surface area contributed by atoms with Crippen molar-refractivity contribution >= 4 is 65.0 Å². The Labute approximate surface area is 98.6 Å². The zero-order valence-electron chi connectivity index (χ0n) is 5.99. The molecular formula is C4H6KNO4S. The molecule has 1 amide bonds. The van der Waals surface area contributed by atoms with Crippen molar-refractivity contribution < 1.29 is 17.8 Å². The van der Waals surface area contributed by atoms with Crippen molar-refractivity contribution in [1.29, 1.82) is 0 Å². The van der Waals surface area contributed by atoms with Gasteiger partial charge in [-0.15, -0.1) is 0 Å². The van der Waals surface area contributed by atoms with Gasteiger partial charge in [0.25, 0.3) is 0 Å². The molecule has 0 aromatic heterocycles. The van der Waals surface area contributed by atoms with E-state index in [4.69, 9.17) is 4.55 Å². The predicted molar refractivity (Wildman–Crippen MR) is 39.5 cm³/mol.